The lowest BCUT2D eigenvalue weighted by Gasteiger charge is -2.14. The number of methoxy groups -OCH3 is 2. The van der Waals surface area contributed by atoms with Crippen molar-refractivity contribution in [2.24, 2.45) is 0 Å². The molecule has 0 aliphatic heterocycles. The predicted molar refractivity (Wildman–Crippen MR) is 52.2 cm³/mol. The van der Waals surface area contributed by atoms with E-state index in [-0.39, 0.29) is 11.5 Å². The summed E-state index contributed by atoms with van der Waals surface area (Å²) < 4.78 is 47.4. The third-order valence-electron chi connectivity index (χ3n) is 1.78. The van der Waals surface area contributed by atoms with Gasteiger partial charge in [0, 0.05) is 0 Å². The molecule has 0 amide bonds. The Morgan fingerprint density at radius 1 is 1.07 bits per heavy atom. The molecule has 0 atom stereocenters. The minimum absolute atomic E-state index is 0.114. The number of hydrogen-bond acceptors (Lipinski definition) is 2. The summed E-state index contributed by atoms with van der Waals surface area (Å²) in [6.07, 6.45) is -4.46. The second-order valence-electron chi connectivity index (χ2n) is 2.68. The fourth-order valence-electron chi connectivity index (χ4n) is 1.08. The van der Waals surface area contributed by atoms with Crippen molar-refractivity contribution >= 4 is 15.9 Å². The van der Waals surface area contributed by atoms with Crippen LogP contribution < -0.4 is 9.47 Å². The number of halogens is 4. The van der Waals surface area contributed by atoms with Crippen molar-refractivity contribution in [3.8, 4) is 11.5 Å². The molecule has 2 nitrogen and oxygen atoms in total. The Morgan fingerprint density at radius 3 is 2.00 bits per heavy atom. The Labute approximate surface area is 93.1 Å². The third-order valence-corrected chi connectivity index (χ3v) is 2.40. The van der Waals surface area contributed by atoms with Gasteiger partial charge in [-0.2, -0.15) is 13.2 Å². The van der Waals surface area contributed by atoms with E-state index in [0.29, 0.717) is 4.47 Å². The summed E-state index contributed by atoms with van der Waals surface area (Å²) in [6.45, 7) is 0. The second kappa shape index (κ2) is 4.30. The van der Waals surface area contributed by atoms with Gasteiger partial charge in [-0.3, -0.25) is 0 Å². The number of rotatable bonds is 2. The van der Waals surface area contributed by atoms with Crippen LogP contribution in [0, 0.1) is 0 Å². The van der Waals surface area contributed by atoms with E-state index in [1.54, 1.807) is 0 Å². The molecule has 0 heterocycles. The van der Waals surface area contributed by atoms with Crippen LogP contribution in [0.4, 0.5) is 13.2 Å². The summed E-state index contributed by atoms with van der Waals surface area (Å²) in [4.78, 5) is 0. The van der Waals surface area contributed by atoms with Gasteiger partial charge in [-0.15, -0.1) is 0 Å². The van der Waals surface area contributed by atoms with Crippen LogP contribution in [-0.4, -0.2) is 14.2 Å². The summed E-state index contributed by atoms with van der Waals surface area (Å²) in [6, 6.07) is 2.12. The normalized spacial score (nSPS) is 11.3. The van der Waals surface area contributed by atoms with E-state index in [2.05, 4.69) is 20.7 Å². The van der Waals surface area contributed by atoms with Crippen LogP contribution in [0.25, 0.3) is 0 Å². The highest BCUT2D eigenvalue weighted by Crippen LogP contribution is 2.41. The number of ether oxygens (including phenoxy) is 2. The monoisotopic (exact) mass is 284 g/mol. The lowest BCUT2D eigenvalue weighted by molar-refractivity contribution is -0.138. The van der Waals surface area contributed by atoms with E-state index in [4.69, 9.17) is 4.74 Å². The van der Waals surface area contributed by atoms with Crippen molar-refractivity contribution in [2.45, 2.75) is 6.18 Å². The van der Waals surface area contributed by atoms with Crippen LogP contribution in [-0.2, 0) is 6.18 Å². The van der Waals surface area contributed by atoms with Crippen LogP contribution in [0.5, 0.6) is 11.5 Å². The average Bonchev–Trinajstić information content (AvgIpc) is 2.15. The van der Waals surface area contributed by atoms with E-state index >= 15 is 0 Å². The van der Waals surface area contributed by atoms with Gasteiger partial charge >= 0.3 is 6.18 Å². The van der Waals surface area contributed by atoms with Crippen molar-refractivity contribution in [3.05, 3.63) is 22.2 Å². The van der Waals surface area contributed by atoms with Crippen molar-refractivity contribution in [3.63, 3.8) is 0 Å². The lowest BCUT2D eigenvalue weighted by atomic mass is 10.2. The smallest absolute Gasteiger partial charge is 0.420 e. The van der Waals surface area contributed by atoms with E-state index in [0.717, 1.165) is 6.07 Å². The third kappa shape index (κ3) is 2.56. The highest BCUT2D eigenvalue weighted by Gasteiger charge is 2.35. The van der Waals surface area contributed by atoms with Crippen LogP contribution in [0.1, 0.15) is 5.56 Å². The Kier molecular flexibility index (Phi) is 3.49. The standard InChI is InChI=1S/C9H8BrF3O2/c1-14-7-4-6(10)8(15-2)3-5(7)9(11,12)13/h3-4H,1-2H3. The summed E-state index contributed by atoms with van der Waals surface area (Å²) in [5.74, 6) is -0.127. The molecule has 1 rings (SSSR count). The molecule has 0 N–H and O–H groups in total. The minimum atomic E-state index is -4.46. The topological polar surface area (TPSA) is 18.5 Å². The lowest BCUT2D eigenvalue weighted by Crippen LogP contribution is -2.08. The Morgan fingerprint density at radius 2 is 1.60 bits per heavy atom. The first kappa shape index (κ1) is 12.2. The van der Waals surface area contributed by atoms with Crippen molar-refractivity contribution in [1.29, 1.82) is 0 Å². The molecule has 1 aromatic rings. The molecule has 0 aliphatic carbocycles. The predicted octanol–water partition coefficient (Wildman–Crippen LogP) is 3.49. The van der Waals surface area contributed by atoms with Crippen molar-refractivity contribution < 1.29 is 22.6 Å². The molecule has 0 saturated carbocycles. The number of benzene rings is 1. The Hall–Kier alpha value is -0.910. The van der Waals surface area contributed by atoms with Gasteiger partial charge in [0.1, 0.15) is 17.1 Å². The van der Waals surface area contributed by atoms with Gasteiger partial charge in [-0.05, 0) is 28.1 Å². The second-order valence-corrected chi connectivity index (χ2v) is 3.54. The number of alkyl halides is 3. The molecule has 0 saturated heterocycles. The van der Waals surface area contributed by atoms with Crippen LogP contribution in [0.2, 0.25) is 0 Å². The van der Waals surface area contributed by atoms with Crippen LogP contribution in [0.3, 0.4) is 0 Å². The zero-order chi connectivity index (χ0) is 11.6. The molecular weight excluding hydrogens is 277 g/mol. The molecule has 0 radical (unpaired) electrons. The van der Waals surface area contributed by atoms with Gasteiger partial charge in [0.15, 0.2) is 0 Å². The summed E-state index contributed by atoms with van der Waals surface area (Å²) in [5.41, 5.74) is -0.856. The SMILES string of the molecule is COc1cc(C(F)(F)F)c(OC)cc1Br. The highest BCUT2D eigenvalue weighted by molar-refractivity contribution is 9.10. The average molecular weight is 285 g/mol. The quantitative estimate of drug-likeness (QED) is 0.828. The molecule has 6 heteroatoms. The molecule has 0 unspecified atom stereocenters. The number of hydrogen-bond donors (Lipinski definition) is 0. The molecular formula is C9H8BrF3O2. The first-order valence-corrected chi connectivity index (χ1v) is 4.68. The summed E-state index contributed by atoms with van der Waals surface area (Å²) in [7, 11) is 2.48. The molecule has 1 aromatic carbocycles. The van der Waals surface area contributed by atoms with E-state index in [1.807, 2.05) is 0 Å². The fraction of sp³-hybridized carbons (Fsp3) is 0.333. The van der Waals surface area contributed by atoms with Gasteiger partial charge in [0.25, 0.3) is 0 Å². The molecule has 0 bridgehead atoms. The van der Waals surface area contributed by atoms with E-state index in [9.17, 15) is 13.2 Å². The minimum Gasteiger partial charge on any atom is -0.496 e. The zero-order valence-electron chi connectivity index (χ0n) is 7.98. The van der Waals surface area contributed by atoms with Crippen molar-refractivity contribution in [1.82, 2.24) is 0 Å². The molecule has 84 valence electrons. The Bertz CT molecular complexity index is 363. The van der Waals surface area contributed by atoms with Gasteiger partial charge in [-0.1, -0.05) is 0 Å². The maximum Gasteiger partial charge on any atom is 0.420 e. The maximum absolute atomic E-state index is 12.5. The molecule has 0 aliphatic rings. The van der Waals surface area contributed by atoms with Crippen LogP contribution in [0.15, 0.2) is 16.6 Å². The fourth-order valence-corrected chi connectivity index (χ4v) is 1.57. The first-order valence-electron chi connectivity index (χ1n) is 3.89. The zero-order valence-corrected chi connectivity index (χ0v) is 9.57. The molecule has 0 spiro atoms. The van der Waals surface area contributed by atoms with Crippen molar-refractivity contribution in [2.75, 3.05) is 14.2 Å². The van der Waals surface area contributed by atoms with Gasteiger partial charge in [0.2, 0.25) is 0 Å². The summed E-state index contributed by atoms with van der Waals surface area (Å²) >= 11 is 3.08. The first-order chi connectivity index (χ1) is 6.90. The molecule has 0 aromatic heterocycles. The van der Waals surface area contributed by atoms with E-state index < -0.39 is 11.7 Å². The Balaban J connectivity index is 3.36. The van der Waals surface area contributed by atoms with Gasteiger partial charge in [0.05, 0.1) is 18.7 Å². The molecule has 15 heavy (non-hydrogen) atoms. The maximum atomic E-state index is 12.5. The largest absolute Gasteiger partial charge is 0.496 e. The van der Waals surface area contributed by atoms with Gasteiger partial charge < -0.3 is 9.47 Å². The van der Waals surface area contributed by atoms with Crippen LogP contribution >= 0.6 is 15.9 Å². The van der Waals surface area contributed by atoms with E-state index in [1.165, 1.54) is 20.3 Å². The summed E-state index contributed by atoms with van der Waals surface area (Å²) in [5, 5.41) is 0. The van der Waals surface area contributed by atoms with Gasteiger partial charge in [-0.25, -0.2) is 0 Å². The molecule has 0 fully saturated rings. The highest BCUT2D eigenvalue weighted by atomic mass is 79.9.